The summed E-state index contributed by atoms with van der Waals surface area (Å²) in [6.45, 7) is 0. The lowest BCUT2D eigenvalue weighted by atomic mass is 10.2. The van der Waals surface area contributed by atoms with E-state index in [9.17, 15) is 0 Å². The monoisotopic (exact) mass is 248 g/mol. The van der Waals surface area contributed by atoms with E-state index >= 15 is 0 Å². The van der Waals surface area contributed by atoms with Gasteiger partial charge in [-0.25, -0.2) is 4.98 Å². The van der Waals surface area contributed by atoms with Gasteiger partial charge in [-0.15, -0.1) is 0 Å². The lowest BCUT2D eigenvalue weighted by Crippen LogP contribution is -1.97. The molecule has 0 fully saturated rings. The molecule has 0 bridgehead atoms. The minimum atomic E-state index is 0.785. The maximum absolute atomic E-state index is 4.39. The standard InChI is InChI=1S/C15H12N4/c1-3-9-16-12(6-1)15-13(7-5-11-18-15)19-14-8-2-4-10-17-14/h1-11H,(H,17,19). The van der Waals surface area contributed by atoms with Crippen LogP contribution in [0.4, 0.5) is 11.5 Å². The molecule has 3 rings (SSSR count). The van der Waals surface area contributed by atoms with Crippen LogP contribution in [-0.2, 0) is 0 Å². The van der Waals surface area contributed by atoms with Gasteiger partial charge in [-0.05, 0) is 36.4 Å². The summed E-state index contributed by atoms with van der Waals surface area (Å²) in [6, 6.07) is 15.4. The van der Waals surface area contributed by atoms with Crippen molar-refractivity contribution in [2.24, 2.45) is 0 Å². The van der Waals surface area contributed by atoms with Gasteiger partial charge >= 0.3 is 0 Å². The summed E-state index contributed by atoms with van der Waals surface area (Å²) in [5.74, 6) is 0.785. The fourth-order valence-electron chi connectivity index (χ4n) is 1.79. The number of hydrogen-bond donors (Lipinski definition) is 1. The fourth-order valence-corrected chi connectivity index (χ4v) is 1.79. The van der Waals surface area contributed by atoms with E-state index in [2.05, 4.69) is 20.3 Å². The summed E-state index contributed by atoms with van der Waals surface area (Å²) in [6.07, 6.45) is 5.27. The third kappa shape index (κ3) is 2.57. The van der Waals surface area contributed by atoms with E-state index in [1.54, 1.807) is 18.6 Å². The average Bonchev–Trinajstić information content (AvgIpc) is 2.50. The molecule has 0 saturated heterocycles. The predicted molar refractivity (Wildman–Crippen MR) is 75.0 cm³/mol. The van der Waals surface area contributed by atoms with Crippen LogP contribution in [0.15, 0.2) is 67.1 Å². The van der Waals surface area contributed by atoms with Gasteiger partial charge in [0.25, 0.3) is 0 Å². The normalized spacial score (nSPS) is 10.1. The Hall–Kier alpha value is -2.75. The predicted octanol–water partition coefficient (Wildman–Crippen LogP) is 3.28. The number of pyridine rings is 3. The van der Waals surface area contributed by atoms with E-state index in [1.165, 1.54) is 0 Å². The molecule has 4 nitrogen and oxygen atoms in total. The van der Waals surface area contributed by atoms with E-state index < -0.39 is 0 Å². The first kappa shape index (κ1) is 11.3. The summed E-state index contributed by atoms with van der Waals surface area (Å²) >= 11 is 0. The second kappa shape index (κ2) is 5.27. The van der Waals surface area contributed by atoms with Gasteiger partial charge in [-0.3, -0.25) is 9.97 Å². The van der Waals surface area contributed by atoms with Gasteiger partial charge < -0.3 is 5.32 Å². The molecule has 4 heteroatoms. The molecule has 0 unspecified atom stereocenters. The van der Waals surface area contributed by atoms with E-state index in [4.69, 9.17) is 0 Å². The minimum absolute atomic E-state index is 0.785. The number of nitrogens with one attached hydrogen (secondary N) is 1. The van der Waals surface area contributed by atoms with E-state index in [0.29, 0.717) is 0 Å². The highest BCUT2D eigenvalue weighted by molar-refractivity contribution is 5.74. The quantitative estimate of drug-likeness (QED) is 0.772. The van der Waals surface area contributed by atoms with E-state index in [0.717, 1.165) is 22.9 Å². The molecule has 0 aliphatic heterocycles. The molecule has 0 atom stereocenters. The summed E-state index contributed by atoms with van der Waals surface area (Å²) < 4.78 is 0. The van der Waals surface area contributed by atoms with Crippen molar-refractivity contribution < 1.29 is 0 Å². The second-order valence-electron chi connectivity index (χ2n) is 3.95. The van der Waals surface area contributed by atoms with Crippen LogP contribution >= 0.6 is 0 Å². The topological polar surface area (TPSA) is 50.7 Å². The Kier molecular flexibility index (Phi) is 3.14. The third-order valence-electron chi connectivity index (χ3n) is 2.64. The minimum Gasteiger partial charge on any atom is -0.338 e. The lowest BCUT2D eigenvalue weighted by Gasteiger charge is -2.09. The van der Waals surface area contributed by atoms with Crippen LogP contribution in [0.5, 0.6) is 0 Å². The van der Waals surface area contributed by atoms with E-state index in [-0.39, 0.29) is 0 Å². The van der Waals surface area contributed by atoms with Crippen molar-refractivity contribution in [3.8, 4) is 11.4 Å². The summed E-state index contributed by atoms with van der Waals surface area (Å²) in [7, 11) is 0. The zero-order valence-corrected chi connectivity index (χ0v) is 10.2. The molecule has 3 aromatic rings. The first-order valence-electron chi connectivity index (χ1n) is 5.98. The highest BCUT2D eigenvalue weighted by Crippen LogP contribution is 2.25. The van der Waals surface area contributed by atoms with Gasteiger partial charge in [0.05, 0.1) is 11.4 Å². The molecule has 0 aliphatic rings. The number of nitrogens with zero attached hydrogens (tertiary/aromatic N) is 3. The molecule has 3 heterocycles. The molecular weight excluding hydrogens is 236 g/mol. The average molecular weight is 248 g/mol. The van der Waals surface area contributed by atoms with Crippen molar-refractivity contribution in [1.82, 2.24) is 15.0 Å². The molecule has 1 N–H and O–H groups in total. The summed E-state index contributed by atoms with van der Waals surface area (Å²) in [5, 5.41) is 3.26. The molecule has 0 radical (unpaired) electrons. The van der Waals surface area contributed by atoms with Gasteiger partial charge in [0, 0.05) is 18.6 Å². The smallest absolute Gasteiger partial charge is 0.130 e. The van der Waals surface area contributed by atoms with Crippen molar-refractivity contribution in [1.29, 1.82) is 0 Å². The Balaban J connectivity index is 1.99. The maximum atomic E-state index is 4.39. The summed E-state index contributed by atoms with van der Waals surface area (Å²) in [5.41, 5.74) is 2.54. The zero-order chi connectivity index (χ0) is 12.9. The Morgan fingerprint density at radius 1 is 0.684 bits per heavy atom. The van der Waals surface area contributed by atoms with Crippen LogP contribution in [0.2, 0.25) is 0 Å². The van der Waals surface area contributed by atoms with Crippen molar-refractivity contribution in [2.45, 2.75) is 0 Å². The van der Waals surface area contributed by atoms with Gasteiger partial charge in [-0.1, -0.05) is 12.1 Å². The first-order valence-corrected chi connectivity index (χ1v) is 5.98. The Bertz CT molecular complexity index is 653. The van der Waals surface area contributed by atoms with Crippen LogP contribution in [0.1, 0.15) is 0 Å². The molecule has 0 spiro atoms. The molecule has 0 aliphatic carbocycles. The summed E-state index contributed by atoms with van der Waals surface area (Å²) in [4.78, 5) is 13.0. The van der Waals surface area contributed by atoms with Crippen molar-refractivity contribution >= 4 is 11.5 Å². The highest BCUT2D eigenvalue weighted by atomic mass is 15.0. The zero-order valence-electron chi connectivity index (χ0n) is 10.2. The van der Waals surface area contributed by atoms with Crippen LogP contribution < -0.4 is 5.32 Å². The fraction of sp³-hybridized carbons (Fsp3) is 0. The van der Waals surface area contributed by atoms with E-state index in [1.807, 2.05) is 48.5 Å². The van der Waals surface area contributed by atoms with Crippen molar-refractivity contribution in [3.63, 3.8) is 0 Å². The van der Waals surface area contributed by atoms with Gasteiger partial charge in [0.1, 0.15) is 11.5 Å². The van der Waals surface area contributed by atoms with Crippen LogP contribution in [-0.4, -0.2) is 15.0 Å². The molecule has 0 amide bonds. The van der Waals surface area contributed by atoms with Crippen LogP contribution in [0, 0.1) is 0 Å². The SMILES string of the molecule is c1ccc(Nc2cccnc2-c2ccccn2)nc1. The number of rotatable bonds is 3. The number of anilines is 2. The highest BCUT2D eigenvalue weighted by Gasteiger charge is 2.07. The van der Waals surface area contributed by atoms with Crippen molar-refractivity contribution in [2.75, 3.05) is 5.32 Å². The molecular formula is C15H12N4. The van der Waals surface area contributed by atoms with Crippen molar-refractivity contribution in [3.05, 3.63) is 67.1 Å². The Labute approximate surface area is 111 Å². The van der Waals surface area contributed by atoms with Gasteiger partial charge in [-0.2, -0.15) is 0 Å². The first-order chi connectivity index (χ1) is 9.43. The van der Waals surface area contributed by atoms with Crippen LogP contribution in [0.25, 0.3) is 11.4 Å². The molecule has 19 heavy (non-hydrogen) atoms. The Morgan fingerprint density at radius 3 is 2.21 bits per heavy atom. The molecule has 0 saturated carbocycles. The van der Waals surface area contributed by atoms with Gasteiger partial charge in [0.2, 0.25) is 0 Å². The molecule has 0 aromatic carbocycles. The third-order valence-corrected chi connectivity index (χ3v) is 2.64. The largest absolute Gasteiger partial charge is 0.338 e. The Morgan fingerprint density at radius 2 is 1.47 bits per heavy atom. The molecule has 92 valence electrons. The van der Waals surface area contributed by atoms with Gasteiger partial charge in [0.15, 0.2) is 0 Å². The lowest BCUT2D eigenvalue weighted by molar-refractivity contribution is 1.23. The number of hydrogen-bond acceptors (Lipinski definition) is 4. The molecule has 3 aromatic heterocycles. The maximum Gasteiger partial charge on any atom is 0.130 e. The number of aromatic nitrogens is 3. The van der Waals surface area contributed by atoms with Crippen LogP contribution in [0.3, 0.4) is 0 Å². The second-order valence-corrected chi connectivity index (χ2v) is 3.95.